The van der Waals surface area contributed by atoms with Gasteiger partial charge in [-0.3, -0.25) is 9.79 Å². The summed E-state index contributed by atoms with van der Waals surface area (Å²) in [4.78, 5) is 23.2. The summed E-state index contributed by atoms with van der Waals surface area (Å²) in [7, 11) is 5.74. The number of aliphatic imine (C=N–C) groups is 1. The van der Waals surface area contributed by atoms with Crippen LogP contribution in [0.25, 0.3) is 0 Å². The summed E-state index contributed by atoms with van der Waals surface area (Å²) in [5.41, 5.74) is 6.07. The zero-order chi connectivity index (χ0) is 31.2. The molecule has 3 atom stereocenters. The third-order valence-electron chi connectivity index (χ3n) is 8.80. The number of hydrogen-bond donors (Lipinski definition) is 0. The molecule has 0 saturated carbocycles. The van der Waals surface area contributed by atoms with Crippen LogP contribution in [0.5, 0.6) is 11.5 Å². The summed E-state index contributed by atoms with van der Waals surface area (Å²) in [6.45, 7) is 9.93. The highest BCUT2D eigenvalue weighted by Gasteiger charge is 2.36. The summed E-state index contributed by atoms with van der Waals surface area (Å²) >= 11 is 0. The lowest BCUT2D eigenvalue weighted by molar-refractivity contribution is 0.0406. The molecule has 2 aliphatic heterocycles. The summed E-state index contributed by atoms with van der Waals surface area (Å²) in [6.07, 6.45) is 1.87. The van der Waals surface area contributed by atoms with Crippen molar-refractivity contribution in [2.45, 2.75) is 58.2 Å². The van der Waals surface area contributed by atoms with Crippen molar-refractivity contribution in [3.8, 4) is 11.5 Å². The minimum atomic E-state index is -0.0196. The van der Waals surface area contributed by atoms with Crippen LogP contribution in [0.3, 0.4) is 0 Å². The Hall–Kier alpha value is -3.68. The van der Waals surface area contributed by atoms with Crippen molar-refractivity contribution in [2.24, 2.45) is 10.9 Å². The van der Waals surface area contributed by atoms with Gasteiger partial charge in [0.1, 0.15) is 0 Å². The Kier molecular flexibility index (Phi) is 10.4. The van der Waals surface area contributed by atoms with Gasteiger partial charge in [0.05, 0.1) is 44.7 Å². The van der Waals surface area contributed by atoms with E-state index in [9.17, 15) is 4.79 Å². The van der Waals surface area contributed by atoms with E-state index in [0.717, 1.165) is 54.1 Å². The fourth-order valence-corrected chi connectivity index (χ4v) is 6.45. The molecule has 234 valence electrons. The average Bonchev–Trinajstić information content (AvgIpc) is 3.03. The maximum atomic E-state index is 13.7. The predicted molar refractivity (Wildman–Crippen MR) is 176 cm³/mol. The molecule has 1 fully saturated rings. The molecule has 0 unspecified atom stereocenters. The first-order chi connectivity index (χ1) is 21.3. The third kappa shape index (κ3) is 7.16. The number of fused-ring (bicyclic) bond motifs is 3. The number of ether oxygens (including phenoxy) is 3. The molecular formula is C37H47N3O4. The molecular weight excluding hydrogens is 550 g/mol. The van der Waals surface area contributed by atoms with Gasteiger partial charge in [0.2, 0.25) is 0 Å². The molecule has 0 spiro atoms. The van der Waals surface area contributed by atoms with Gasteiger partial charge in [0, 0.05) is 36.2 Å². The average molecular weight is 598 g/mol. The lowest BCUT2D eigenvalue weighted by Gasteiger charge is -2.39. The van der Waals surface area contributed by atoms with Crippen LogP contribution >= 0.6 is 0 Å². The maximum absolute atomic E-state index is 13.7. The van der Waals surface area contributed by atoms with Crippen molar-refractivity contribution in [3.05, 3.63) is 94.5 Å². The Balaban J connectivity index is 1.37. The molecule has 0 radical (unpaired) electrons. The predicted octanol–water partition coefficient (Wildman–Crippen LogP) is 6.44. The molecule has 0 aliphatic carbocycles. The van der Waals surface area contributed by atoms with E-state index in [4.69, 9.17) is 19.2 Å². The number of benzene rings is 3. The van der Waals surface area contributed by atoms with Crippen molar-refractivity contribution in [3.63, 3.8) is 0 Å². The number of methoxy groups -OCH3 is 1. The zero-order valence-electron chi connectivity index (χ0n) is 27.1. The summed E-state index contributed by atoms with van der Waals surface area (Å²) in [6, 6.07) is 22.5. The number of likely N-dealkylation sites (tertiary alicyclic amines) is 1. The lowest BCUT2D eigenvalue weighted by atomic mass is 9.79. The number of carbonyl (C=O) groups is 1. The molecule has 1 amide bonds. The topological polar surface area (TPSA) is 63.6 Å². The van der Waals surface area contributed by atoms with E-state index >= 15 is 0 Å². The van der Waals surface area contributed by atoms with Gasteiger partial charge in [-0.15, -0.1) is 0 Å². The molecule has 0 aromatic heterocycles. The van der Waals surface area contributed by atoms with Crippen molar-refractivity contribution >= 4 is 11.6 Å². The first-order valence-electron chi connectivity index (χ1n) is 15.9. The van der Waals surface area contributed by atoms with Crippen molar-refractivity contribution in [1.82, 2.24) is 9.80 Å². The van der Waals surface area contributed by atoms with E-state index in [1.165, 1.54) is 5.56 Å². The molecule has 44 heavy (non-hydrogen) atoms. The summed E-state index contributed by atoms with van der Waals surface area (Å²) in [5, 5.41) is 0. The smallest absolute Gasteiger partial charge is 0.253 e. The molecule has 3 aromatic rings. The SMILES string of the molecule is CCOc1cc2c(cc1OC)C(c1ccc(C(=O)N(C)[C@@H](COCc3ccccc3)CC(C)C)cc1)=N[C@@H]1CCN(C)C[C@H]21. The molecule has 7 heteroatoms. The number of hydrogen-bond acceptors (Lipinski definition) is 6. The Labute approximate surface area is 262 Å². The Morgan fingerprint density at radius 1 is 1.07 bits per heavy atom. The van der Waals surface area contributed by atoms with Crippen LogP contribution < -0.4 is 9.47 Å². The maximum Gasteiger partial charge on any atom is 0.253 e. The normalized spacial score (nSPS) is 18.7. The van der Waals surface area contributed by atoms with Gasteiger partial charge < -0.3 is 24.0 Å². The van der Waals surface area contributed by atoms with Crippen LogP contribution in [0.1, 0.15) is 72.1 Å². The fraction of sp³-hybridized carbons (Fsp3) is 0.459. The van der Waals surface area contributed by atoms with Gasteiger partial charge in [-0.05, 0) is 74.7 Å². The van der Waals surface area contributed by atoms with Crippen LogP contribution in [-0.2, 0) is 11.3 Å². The number of rotatable bonds is 12. The molecule has 2 aliphatic rings. The monoisotopic (exact) mass is 597 g/mol. The number of amides is 1. The minimum absolute atomic E-state index is 0.00472. The first kappa shape index (κ1) is 31.7. The van der Waals surface area contributed by atoms with Crippen LogP contribution in [-0.4, -0.2) is 81.0 Å². The van der Waals surface area contributed by atoms with Gasteiger partial charge >= 0.3 is 0 Å². The van der Waals surface area contributed by atoms with Crippen molar-refractivity contribution in [1.29, 1.82) is 0 Å². The highest BCUT2D eigenvalue weighted by Crippen LogP contribution is 2.42. The second-order valence-electron chi connectivity index (χ2n) is 12.5. The minimum Gasteiger partial charge on any atom is -0.493 e. The molecule has 7 nitrogen and oxygen atoms in total. The van der Waals surface area contributed by atoms with Crippen LogP contribution in [0.4, 0.5) is 0 Å². The standard InChI is InChI=1S/C37H47N3O4/c1-7-44-35-20-30-31(21-34(35)42-6)36(38-33-17-18-39(4)22-32(30)33)27-13-15-28(16-14-27)37(41)40(5)29(19-25(2)3)24-43-23-26-11-9-8-10-12-26/h8-16,20-21,25,29,32-33H,7,17-19,22-24H2,1-6H3/t29-,32-,33-/m1/s1. The Morgan fingerprint density at radius 2 is 1.82 bits per heavy atom. The van der Waals surface area contributed by atoms with Crippen LogP contribution in [0, 0.1) is 5.92 Å². The van der Waals surface area contributed by atoms with Crippen molar-refractivity contribution < 1.29 is 19.0 Å². The number of likely N-dealkylation sites (N-methyl/N-ethyl adjacent to an activating group) is 2. The number of nitrogens with zero attached hydrogens (tertiary/aromatic N) is 3. The zero-order valence-corrected chi connectivity index (χ0v) is 27.1. The first-order valence-corrected chi connectivity index (χ1v) is 15.9. The van der Waals surface area contributed by atoms with Gasteiger partial charge in [-0.25, -0.2) is 0 Å². The molecule has 1 saturated heterocycles. The van der Waals surface area contributed by atoms with Crippen molar-refractivity contribution in [2.75, 3.05) is 47.5 Å². The highest BCUT2D eigenvalue weighted by molar-refractivity contribution is 6.15. The van der Waals surface area contributed by atoms with Gasteiger partial charge in [0.25, 0.3) is 5.91 Å². The Morgan fingerprint density at radius 3 is 2.50 bits per heavy atom. The van der Waals surface area contributed by atoms with E-state index in [2.05, 4.69) is 50.1 Å². The van der Waals surface area contributed by atoms with Gasteiger partial charge in [-0.1, -0.05) is 56.3 Å². The Bertz CT molecular complexity index is 1440. The van der Waals surface area contributed by atoms with Gasteiger partial charge in [-0.2, -0.15) is 0 Å². The lowest BCUT2D eigenvalue weighted by Crippen LogP contribution is -2.42. The summed E-state index contributed by atoms with van der Waals surface area (Å²) in [5.74, 6) is 2.21. The number of piperidine rings is 1. The van der Waals surface area contributed by atoms with E-state index in [1.807, 2.05) is 61.3 Å². The second-order valence-corrected chi connectivity index (χ2v) is 12.5. The highest BCUT2D eigenvalue weighted by atomic mass is 16.5. The molecule has 5 rings (SSSR count). The number of carbonyl (C=O) groups excluding carboxylic acids is 1. The third-order valence-corrected chi connectivity index (χ3v) is 8.80. The van der Waals surface area contributed by atoms with E-state index < -0.39 is 0 Å². The molecule has 0 N–H and O–H groups in total. The van der Waals surface area contributed by atoms with Crippen LogP contribution in [0.2, 0.25) is 0 Å². The molecule has 3 aromatic carbocycles. The fourth-order valence-electron chi connectivity index (χ4n) is 6.45. The molecule has 2 heterocycles. The van der Waals surface area contributed by atoms with E-state index in [0.29, 0.717) is 43.0 Å². The van der Waals surface area contributed by atoms with Crippen LogP contribution in [0.15, 0.2) is 71.7 Å². The molecule has 0 bridgehead atoms. The largest absolute Gasteiger partial charge is 0.493 e. The summed E-state index contributed by atoms with van der Waals surface area (Å²) < 4.78 is 17.8. The second kappa shape index (κ2) is 14.4. The van der Waals surface area contributed by atoms with E-state index in [-0.39, 0.29) is 18.0 Å². The van der Waals surface area contributed by atoms with Gasteiger partial charge in [0.15, 0.2) is 11.5 Å². The quantitative estimate of drug-likeness (QED) is 0.241. The van der Waals surface area contributed by atoms with E-state index in [1.54, 1.807) is 7.11 Å².